The van der Waals surface area contributed by atoms with E-state index in [2.05, 4.69) is 20.6 Å². The average Bonchev–Trinajstić information content (AvgIpc) is 2.23. The Morgan fingerprint density at radius 2 is 2.11 bits per heavy atom. The van der Waals surface area contributed by atoms with Crippen molar-refractivity contribution in [2.45, 2.75) is 39.7 Å². The zero-order chi connectivity index (χ0) is 13.8. The van der Waals surface area contributed by atoms with Crippen LogP contribution >= 0.6 is 0 Å². The topological polar surface area (TPSA) is 86.9 Å². The van der Waals surface area contributed by atoms with E-state index < -0.39 is 0 Å². The normalized spacial score (nSPS) is 11.1. The van der Waals surface area contributed by atoms with E-state index in [1.54, 1.807) is 0 Å². The van der Waals surface area contributed by atoms with Crippen molar-refractivity contribution in [3.05, 3.63) is 22.2 Å². The van der Waals surface area contributed by atoms with Crippen LogP contribution in [0, 0.1) is 0 Å². The molecule has 1 aromatic rings. The highest BCUT2D eigenvalue weighted by molar-refractivity contribution is 5.80. The first-order valence-electron chi connectivity index (χ1n) is 5.95. The van der Waals surface area contributed by atoms with Gasteiger partial charge >= 0.3 is 0 Å². The number of H-pyrrole nitrogens is 1. The molecule has 3 N–H and O–H groups in total. The van der Waals surface area contributed by atoms with E-state index in [1.807, 2.05) is 27.7 Å². The standard InChI is InChI=1S/C12H20N4O2/c1-5-8-14-9(6-10(17)15-8)13-7-11(18)16-12(2,3)4/h6H,5,7H2,1-4H3,(H,16,18)(H2,13,14,15,17). The molecule has 6 heteroatoms. The Labute approximate surface area is 106 Å². The van der Waals surface area contributed by atoms with Crippen molar-refractivity contribution in [3.8, 4) is 0 Å². The van der Waals surface area contributed by atoms with Crippen molar-refractivity contribution < 1.29 is 4.79 Å². The maximum absolute atomic E-state index is 11.6. The molecule has 0 aliphatic rings. The number of rotatable bonds is 4. The lowest BCUT2D eigenvalue weighted by molar-refractivity contribution is -0.120. The molecular weight excluding hydrogens is 232 g/mol. The number of carbonyl (C=O) groups excluding carboxylic acids is 1. The molecule has 0 bridgehead atoms. The Kier molecular flexibility index (Phi) is 4.47. The van der Waals surface area contributed by atoms with Crippen LogP contribution in [-0.4, -0.2) is 28.0 Å². The molecule has 18 heavy (non-hydrogen) atoms. The Morgan fingerprint density at radius 1 is 1.44 bits per heavy atom. The van der Waals surface area contributed by atoms with E-state index in [9.17, 15) is 9.59 Å². The highest BCUT2D eigenvalue weighted by Crippen LogP contribution is 2.00. The predicted molar refractivity (Wildman–Crippen MR) is 70.6 cm³/mol. The predicted octanol–water partition coefficient (Wildman–Crippen LogP) is 0.659. The molecule has 0 fully saturated rings. The van der Waals surface area contributed by atoms with Gasteiger partial charge in [0.2, 0.25) is 5.91 Å². The first-order chi connectivity index (χ1) is 8.30. The van der Waals surface area contributed by atoms with Gasteiger partial charge in [-0.3, -0.25) is 9.59 Å². The zero-order valence-electron chi connectivity index (χ0n) is 11.3. The maximum atomic E-state index is 11.6. The van der Waals surface area contributed by atoms with Crippen LogP contribution in [0.15, 0.2) is 10.9 Å². The monoisotopic (exact) mass is 252 g/mol. The third-order valence-electron chi connectivity index (χ3n) is 2.07. The molecule has 1 aromatic heterocycles. The second-order valence-electron chi connectivity index (χ2n) is 5.08. The van der Waals surface area contributed by atoms with Crippen LogP contribution < -0.4 is 16.2 Å². The molecule has 0 aromatic carbocycles. The minimum atomic E-state index is -0.269. The second-order valence-corrected chi connectivity index (χ2v) is 5.08. The van der Waals surface area contributed by atoms with E-state index in [0.29, 0.717) is 18.1 Å². The number of hydrogen-bond donors (Lipinski definition) is 3. The van der Waals surface area contributed by atoms with Gasteiger partial charge in [0, 0.05) is 18.0 Å². The van der Waals surface area contributed by atoms with Gasteiger partial charge in [-0.2, -0.15) is 0 Å². The van der Waals surface area contributed by atoms with Gasteiger partial charge in [0.05, 0.1) is 6.54 Å². The lowest BCUT2D eigenvalue weighted by Gasteiger charge is -2.20. The number of aromatic nitrogens is 2. The number of aromatic amines is 1. The van der Waals surface area contributed by atoms with Gasteiger partial charge < -0.3 is 15.6 Å². The molecule has 0 unspecified atom stereocenters. The Hall–Kier alpha value is -1.85. The molecule has 0 aliphatic heterocycles. The zero-order valence-corrected chi connectivity index (χ0v) is 11.3. The summed E-state index contributed by atoms with van der Waals surface area (Å²) >= 11 is 0. The molecular formula is C12H20N4O2. The number of carbonyl (C=O) groups is 1. The molecule has 1 amide bonds. The average molecular weight is 252 g/mol. The molecule has 1 heterocycles. The lowest BCUT2D eigenvalue weighted by atomic mass is 10.1. The molecule has 0 saturated heterocycles. The lowest BCUT2D eigenvalue weighted by Crippen LogP contribution is -2.43. The summed E-state index contributed by atoms with van der Waals surface area (Å²) in [6.45, 7) is 7.72. The molecule has 0 saturated carbocycles. The molecule has 0 atom stereocenters. The van der Waals surface area contributed by atoms with Crippen LogP contribution in [0.2, 0.25) is 0 Å². The maximum Gasteiger partial charge on any atom is 0.252 e. The number of hydrogen-bond acceptors (Lipinski definition) is 4. The molecule has 0 aliphatic carbocycles. The molecule has 1 rings (SSSR count). The van der Waals surface area contributed by atoms with Crippen LogP contribution in [0.3, 0.4) is 0 Å². The van der Waals surface area contributed by atoms with Crippen LogP contribution in [0.4, 0.5) is 5.82 Å². The van der Waals surface area contributed by atoms with Gasteiger partial charge in [-0.1, -0.05) is 6.92 Å². The van der Waals surface area contributed by atoms with Crippen molar-refractivity contribution in [1.82, 2.24) is 15.3 Å². The van der Waals surface area contributed by atoms with E-state index in [4.69, 9.17) is 0 Å². The van der Waals surface area contributed by atoms with Gasteiger partial charge in [-0.15, -0.1) is 0 Å². The van der Waals surface area contributed by atoms with E-state index in [1.165, 1.54) is 6.07 Å². The van der Waals surface area contributed by atoms with Crippen LogP contribution in [0.1, 0.15) is 33.5 Å². The van der Waals surface area contributed by atoms with Gasteiger partial charge in [0.15, 0.2) is 0 Å². The Morgan fingerprint density at radius 3 is 2.67 bits per heavy atom. The van der Waals surface area contributed by atoms with Gasteiger partial charge in [-0.05, 0) is 20.8 Å². The Balaban J connectivity index is 2.61. The highest BCUT2D eigenvalue weighted by Gasteiger charge is 2.13. The molecule has 0 spiro atoms. The molecule has 6 nitrogen and oxygen atoms in total. The van der Waals surface area contributed by atoms with Crippen molar-refractivity contribution in [3.63, 3.8) is 0 Å². The summed E-state index contributed by atoms with van der Waals surface area (Å²) in [6.07, 6.45) is 0.638. The third-order valence-corrected chi connectivity index (χ3v) is 2.07. The summed E-state index contributed by atoms with van der Waals surface area (Å²) in [5, 5.41) is 5.66. The van der Waals surface area contributed by atoms with Crippen molar-refractivity contribution in [2.24, 2.45) is 0 Å². The number of amides is 1. The summed E-state index contributed by atoms with van der Waals surface area (Å²) in [4.78, 5) is 29.7. The SMILES string of the molecule is CCc1nc(NCC(=O)NC(C)(C)C)cc(=O)[nH]1. The van der Waals surface area contributed by atoms with E-state index in [-0.39, 0.29) is 23.6 Å². The van der Waals surface area contributed by atoms with Crippen molar-refractivity contribution >= 4 is 11.7 Å². The number of aryl methyl sites for hydroxylation is 1. The van der Waals surface area contributed by atoms with E-state index >= 15 is 0 Å². The largest absolute Gasteiger partial charge is 0.361 e. The highest BCUT2D eigenvalue weighted by atomic mass is 16.2. The summed E-state index contributed by atoms with van der Waals surface area (Å²) in [5.41, 5.74) is -0.491. The van der Waals surface area contributed by atoms with Crippen LogP contribution in [-0.2, 0) is 11.2 Å². The minimum absolute atomic E-state index is 0.0941. The fourth-order valence-electron chi connectivity index (χ4n) is 1.40. The summed E-state index contributed by atoms with van der Waals surface area (Å²) in [5.74, 6) is 0.878. The number of nitrogens with one attached hydrogen (secondary N) is 3. The molecule has 100 valence electrons. The summed E-state index contributed by atoms with van der Waals surface area (Å²) in [6, 6.07) is 1.34. The van der Waals surface area contributed by atoms with Gasteiger partial charge in [0.1, 0.15) is 11.6 Å². The third kappa shape index (κ3) is 4.99. The van der Waals surface area contributed by atoms with Crippen LogP contribution in [0.25, 0.3) is 0 Å². The van der Waals surface area contributed by atoms with E-state index in [0.717, 1.165) is 0 Å². The minimum Gasteiger partial charge on any atom is -0.361 e. The van der Waals surface area contributed by atoms with Gasteiger partial charge in [-0.25, -0.2) is 4.98 Å². The Bertz CT molecular complexity index is 474. The first kappa shape index (κ1) is 14.2. The second kappa shape index (κ2) is 5.66. The quantitative estimate of drug-likeness (QED) is 0.734. The summed E-state index contributed by atoms with van der Waals surface area (Å²) < 4.78 is 0. The first-order valence-corrected chi connectivity index (χ1v) is 5.95. The fraction of sp³-hybridized carbons (Fsp3) is 0.583. The van der Waals surface area contributed by atoms with Crippen LogP contribution in [0.5, 0.6) is 0 Å². The van der Waals surface area contributed by atoms with Crippen molar-refractivity contribution in [1.29, 1.82) is 0 Å². The smallest absolute Gasteiger partial charge is 0.252 e. The van der Waals surface area contributed by atoms with Crippen molar-refractivity contribution in [2.75, 3.05) is 11.9 Å². The summed E-state index contributed by atoms with van der Waals surface area (Å²) in [7, 11) is 0. The number of nitrogens with zero attached hydrogens (tertiary/aromatic N) is 1. The number of anilines is 1. The van der Waals surface area contributed by atoms with Gasteiger partial charge in [0.25, 0.3) is 5.56 Å². The fourth-order valence-corrected chi connectivity index (χ4v) is 1.40. The molecule has 0 radical (unpaired) electrons.